The second-order valence-corrected chi connectivity index (χ2v) is 10.8. The molecule has 0 aromatic heterocycles. The molecule has 0 saturated carbocycles. The summed E-state index contributed by atoms with van der Waals surface area (Å²) < 4.78 is 19.7. The topological polar surface area (TPSA) is 53.1 Å². The van der Waals surface area contributed by atoms with Crippen LogP contribution in [0.2, 0.25) is 0 Å². The zero-order chi connectivity index (χ0) is 26.4. The quantitative estimate of drug-likeness (QED) is 0.522. The van der Waals surface area contributed by atoms with Gasteiger partial charge in [-0.25, -0.2) is 4.39 Å². The van der Waals surface area contributed by atoms with E-state index >= 15 is 0 Å². The molecule has 2 atom stereocenters. The number of hydrogen-bond donors (Lipinski definition) is 0. The van der Waals surface area contributed by atoms with Crippen molar-refractivity contribution in [1.29, 1.82) is 0 Å². The Labute approximate surface area is 220 Å². The largest absolute Gasteiger partial charge is 0.490 e. The van der Waals surface area contributed by atoms with Gasteiger partial charge in [0, 0.05) is 57.4 Å². The van der Waals surface area contributed by atoms with Crippen molar-refractivity contribution in [2.75, 3.05) is 33.2 Å². The zero-order valence-electron chi connectivity index (χ0n) is 22.3. The average Bonchev–Trinajstić information content (AvgIpc) is 2.91. The van der Waals surface area contributed by atoms with Crippen LogP contribution in [0, 0.1) is 17.7 Å². The molecule has 0 unspecified atom stereocenters. The van der Waals surface area contributed by atoms with Crippen molar-refractivity contribution in [3.05, 3.63) is 66.0 Å². The summed E-state index contributed by atoms with van der Waals surface area (Å²) in [5.41, 5.74) is 1.07. The minimum Gasteiger partial charge on any atom is -0.490 e. The molecule has 0 radical (unpaired) electrons. The van der Waals surface area contributed by atoms with E-state index in [1.165, 1.54) is 12.1 Å². The Morgan fingerprint density at radius 2 is 1.68 bits per heavy atom. The Kier molecular flexibility index (Phi) is 9.19. The number of benzene rings is 2. The van der Waals surface area contributed by atoms with Crippen LogP contribution in [0.1, 0.15) is 45.1 Å². The third-order valence-electron chi connectivity index (χ3n) is 7.81. The van der Waals surface area contributed by atoms with Gasteiger partial charge in [-0.2, -0.15) is 0 Å². The Hall–Kier alpha value is -2.93. The Balaban J connectivity index is 1.42. The molecule has 2 amide bonds. The molecule has 0 bridgehead atoms. The van der Waals surface area contributed by atoms with Gasteiger partial charge in [-0.05, 0) is 69.6 Å². The summed E-state index contributed by atoms with van der Waals surface area (Å²) in [6.07, 6.45) is 2.49. The number of nitrogens with zero attached hydrogens (tertiary/aromatic N) is 3. The Bertz CT molecular complexity index is 1020. The SMILES string of the molecule is CC(C)N1CCC(C(=O)N2CC[C@H](Oc3ccc(F)cc3)[C@@H](CC(=O)N(C)Cc3ccccc3)C2)CC1. The number of piperidine rings is 2. The fraction of sp³-hybridized carbons (Fsp3) is 0.533. The Morgan fingerprint density at radius 3 is 2.32 bits per heavy atom. The minimum absolute atomic E-state index is 0.0288. The van der Waals surface area contributed by atoms with Crippen LogP contribution in [0.25, 0.3) is 0 Å². The number of amides is 2. The number of likely N-dealkylation sites (tertiary alicyclic amines) is 2. The zero-order valence-corrected chi connectivity index (χ0v) is 22.3. The van der Waals surface area contributed by atoms with Crippen molar-refractivity contribution in [2.45, 2.75) is 58.2 Å². The number of halogens is 1. The van der Waals surface area contributed by atoms with Gasteiger partial charge in [0.25, 0.3) is 0 Å². The van der Waals surface area contributed by atoms with Crippen LogP contribution in [0.15, 0.2) is 54.6 Å². The van der Waals surface area contributed by atoms with Gasteiger partial charge >= 0.3 is 0 Å². The summed E-state index contributed by atoms with van der Waals surface area (Å²) in [4.78, 5) is 32.8. The van der Waals surface area contributed by atoms with E-state index in [1.807, 2.05) is 42.3 Å². The molecule has 2 aromatic rings. The molecule has 0 N–H and O–H groups in total. The molecule has 6 nitrogen and oxygen atoms in total. The van der Waals surface area contributed by atoms with E-state index in [9.17, 15) is 14.0 Å². The lowest BCUT2D eigenvalue weighted by Crippen LogP contribution is -2.52. The van der Waals surface area contributed by atoms with Gasteiger partial charge in [0.05, 0.1) is 0 Å². The summed E-state index contributed by atoms with van der Waals surface area (Å²) >= 11 is 0. The van der Waals surface area contributed by atoms with E-state index < -0.39 is 0 Å². The van der Waals surface area contributed by atoms with Crippen LogP contribution < -0.4 is 4.74 Å². The smallest absolute Gasteiger partial charge is 0.225 e. The molecular formula is C30H40FN3O3. The maximum atomic E-state index is 13.5. The third-order valence-corrected chi connectivity index (χ3v) is 7.81. The molecule has 2 aromatic carbocycles. The molecule has 200 valence electrons. The highest BCUT2D eigenvalue weighted by Crippen LogP contribution is 2.29. The number of rotatable bonds is 8. The van der Waals surface area contributed by atoms with E-state index in [0.29, 0.717) is 44.3 Å². The van der Waals surface area contributed by atoms with Crippen LogP contribution >= 0.6 is 0 Å². The predicted octanol–water partition coefficient (Wildman–Crippen LogP) is 4.59. The first-order valence-electron chi connectivity index (χ1n) is 13.5. The van der Waals surface area contributed by atoms with Crippen molar-refractivity contribution in [3.8, 4) is 5.75 Å². The van der Waals surface area contributed by atoms with Crippen molar-refractivity contribution < 1.29 is 18.7 Å². The lowest BCUT2D eigenvalue weighted by atomic mass is 9.88. The van der Waals surface area contributed by atoms with Crippen molar-refractivity contribution in [3.63, 3.8) is 0 Å². The number of carbonyl (C=O) groups is 2. The second-order valence-electron chi connectivity index (χ2n) is 10.8. The fourth-order valence-electron chi connectivity index (χ4n) is 5.50. The van der Waals surface area contributed by atoms with Crippen LogP contribution in [0.4, 0.5) is 4.39 Å². The number of carbonyl (C=O) groups excluding carboxylic acids is 2. The van der Waals surface area contributed by atoms with E-state index in [4.69, 9.17) is 4.74 Å². The first-order valence-corrected chi connectivity index (χ1v) is 13.5. The highest BCUT2D eigenvalue weighted by Gasteiger charge is 2.37. The molecule has 2 saturated heterocycles. The molecule has 0 aliphatic carbocycles. The van der Waals surface area contributed by atoms with E-state index in [2.05, 4.69) is 18.7 Å². The monoisotopic (exact) mass is 509 g/mol. The van der Waals surface area contributed by atoms with Gasteiger partial charge in [0.2, 0.25) is 11.8 Å². The van der Waals surface area contributed by atoms with Gasteiger partial charge < -0.3 is 19.4 Å². The molecular weight excluding hydrogens is 469 g/mol. The number of hydrogen-bond acceptors (Lipinski definition) is 4. The first-order chi connectivity index (χ1) is 17.8. The van der Waals surface area contributed by atoms with E-state index in [-0.39, 0.29) is 35.6 Å². The van der Waals surface area contributed by atoms with Crippen LogP contribution in [-0.2, 0) is 16.1 Å². The maximum absolute atomic E-state index is 13.5. The molecule has 2 fully saturated rings. The second kappa shape index (κ2) is 12.5. The predicted molar refractivity (Wildman–Crippen MR) is 142 cm³/mol. The third kappa shape index (κ3) is 7.31. The summed E-state index contributed by atoms with van der Waals surface area (Å²) in [6, 6.07) is 16.4. The summed E-state index contributed by atoms with van der Waals surface area (Å²) in [7, 11) is 1.82. The average molecular weight is 510 g/mol. The van der Waals surface area contributed by atoms with Gasteiger partial charge in [-0.3, -0.25) is 9.59 Å². The summed E-state index contributed by atoms with van der Waals surface area (Å²) in [6.45, 7) is 7.94. The molecule has 37 heavy (non-hydrogen) atoms. The van der Waals surface area contributed by atoms with Crippen LogP contribution in [-0.4, -0.2) is 71.9 Å². The van der Waals surface area contributed by atoms with Gasteiger partial charge in [0.1, 0.15) is 17.7 Å². The highest BCUT2D eigenvalue weighted by atomic mass is 19.1. The van der Waals surface area contributed by atoms with Crippen LogP contribution in [0.3, 0.4) is 0 Å². The molecule has 2 aliphatic rings. The standard InChI is InChI=1S/C30H40FN3O3/c1-22(2)33-16-13-24(14-17-33)30(36)34-18-15-28(37-27-11-9-26(31)10-12-27)25(21-34)19-29(35)32(3)20-23-7-5-4-6-8-23/h4-12,22,24-25,28H,13-21H2,1-3H3/t25-,28-/m0/s1. The van der Waals surface area contributed by atoms with E-state index in [1.54, 1.807) is 17.0 Å². The van der Waals surface area contributed by atoms with Gasteiger partial charge in [-0.15, -0.1) is 0 Å². The lowest BCUT2D eigenvalue weighted by molar-refractivity contribution is -0.143. The van der Waals surface area contributed by atoms with Gasteiger partial charge in [0.15, 0.2) is 0 Å². The summed E-state index contributed by atoms with van der Waals surface area (Å²) in [5.74, 6) is 0.415. The highest BCUT2D eigenvalue weighted by molar-refractivity contribution is 5.79. The number of ether oxygens (including phenoxy) is 1. The molecule has 7 heteroatoms. The molecule has 0 spiro atoms. The first kappa shape index (κ1) is 27.1. The van der Waals surface area contributed by atoms with E-state index in [0.717, 1.165) is 31.5 Å². The summed E-state index contributed by atoms with van der Waals surface area (Å²) in [5, 5.41) is 0. The van der Waals surface area contributed by atoms with Crippen molar-refractivity contribution in [2.24, 2.45) is 11.8 Å². The van der Waals surface area contributed by atoms with Crippen LogP contribution in [0.5, 0.6) is 5.75 Å². The molecule has 2 aliphatic heterocycles. The molecule has 4 rings (SSSR count). The van der Waals surface area contributed by atoms with Crippen molar-refractivity contribution in [1.82, 2.24) is 14.7 Å². The lowest BCUT2D eigenvalue weighted by Gasteiger charge is -2.41. The Morgan fingerprint density at radius 1 is 1.00 bits per heavy atom. The van der Waals surface area contributed by atoms with Crippen molar-refractivity contribution >= 4 is 11.8 Å². The fourth-order valence-corrected chi connectivity index (χ4v) is 5.50. The van der Waals surface area contributed by atoms with Gasteiger partial charge in [-0.1, -0.05) is 30.3 Å². The minimum atomic E-state index is -0.314. The normalized spacial score (nSPS) is 21.2. The molecule has 2 heterocycles. The maximum Gasteiger partial charge on any atom is 0.225 e.